The molecule has 0 aliphatic heterocycles. The molecular formula is C39H55O2P. The average Bonchev–Trinajstić information content (AvgIpc) is 3.35. The molecule has 0 radical (unpaired) electrons. The number of fused-ring (bicyclic) bond motifs is 5. The van der Waals surface area contributed by atoms with Gasteiger partial charge in [0.1, 0.15) is 0 Å². The van der Waals surface area contributed by atoms with Crippen LogP contribution in [0.25, 0.3) is 0 Å². The summed E-state index contributed by atoms with van der Waals surface area (Å²) < 4.78 is 21.4. The van der Waals surface area contributed by atoms with Crippen LogP contribution in [0.15, 0.2) is 72.3 Å². The van der Waals surface area contributed by atoms with E-state index in [0.29, 0.717) is 5.41 Å². The maximum atomic E-state index is 14.7. The quantitative estimate of drug-likeness (QED) is 0.216. The molecule has 228 valence electrons. The van der Waals surface area contributed by atoms with Crippen LogP contribution in [0.4, 0.5) is 0 Å². The van der Waals surface area contributed by atoms with Crippen LogP contribution in [-0.2, 0) is 9.09 Å². The third-order valence-electron chi connectivity index (χ3n) is 12.7. The highest BCUT2D eigenvalue weighted by molar-refractivity contribution is 7.74. The highest BCUT2D eigenvalue weighted by atomic mass is 31.2. The second-order valence-electron chi connectivity index (χ2n) is 15.5. The topological polar surface area (TPSA) is 26.3 Å². The average molecular weight is 587 g/mol. The monoisotopic (exact) mass is 586 g/mol. The van der Waals surface area contributed by atoms with Crippen molar-refractivity contribution >= 4 is 18.0 Å². The largest absolute Gasteiger partial charge is 0.318 e. The summed E-state index contributed by atoms with van der Waals surface area (Å²) in [7, 11) is -3.17. The molecule has 2 nitrogen and oxygen atoms in total. The van der Waals surface area contributed by atoms with Crippen molar-refractivity contribution in [3.05, 3.63) is 72.3 Å². The molecule has 0 N–H and O–H groups in total. The normalized spacial score (nSPS) is 35.2. The van der Waals surface area contributed by atoms with E-state index in [2.05, 4.69) is 40.7 Å². The molecule has 3 fully saturated rings. The van der Waals surface area contributed by atoms with Gasteiger partial charge in [-0.3, -0.25) is 4.57 Å². The first-order valence-electron chi connectivity index (χ1n) is 17.2. The van der Waals surface area contributed by atoms with Gasteiger partial charge < -0.3 is 4.52 Å². The molecule has 0 bridgehead atoms. The molecule has 6 rings (SSSR count). The number of benzene rings is 2. The van der Waals surface area contributed by atoms with Crippen molar-refractivity contribution in [2.45, 2.75) is 111 Å². The molecule has 0 heterocycles. The number of hydrogen-bond acceptors (Lipinski definition) is 2. The highest BCUT2D eigenvalue weighted by Gasteiger charge is 2.59. The molecule has 0 spiro atoms. The lowest BCUT2D eigenvalue weighted by Crippen LogP contribution is -2.51. The molecule has 2 aromatic carbocycles. The fraction of sp³-hybridized carbons (Fsp3) is 0.641. The van der Waals surface area contributed by atoms with Crippen molar-refractivity contribution in [3.8, 4) is 0 Å². The van der Waals surface area contributed by atoms with Crippen LogP contribution in [0.5, 0.6) is 0 Å². The van der Waals surface area contributed by atoms with Crippen LogP contribution in [-0.4, -0.2) is 6.10 Å². The van der Waals surface area contributed by atoms with Gasteiger partial charge in [-0.25, -0.2) is 0 Å². The van der Waals surface area contributed by atoms with Crippen molar-refractivity contribution in [1.29, 1.82) is 0 Å². The predicted molar refractivity (Wildman–Crippen MR) is 178 cm³/mol. The van der Waals surface area contributed by atoms with Crippen LogP contribution in [0, 0.1) is 46.3 Å². The Kier molecular flexibility index (Phi) is 8.72. The Hall–Kier alpha value is -1.63. The Morgan fingerprint density at radius 3 is 2.14 bits per heavy atom. The number of hydrogen-bond donors (Lipinski definition) is 0. The van der Waals surface area contributed by atoms with Crippen molar-refractivity contribution < 1.29 is 9.09 Å². The number of rotatable bonds is 9. The summed E-state index contributed by atoms with van der Waals surface area (Å²) in [4.78, 5) is 0. The minimum absolute atomic E-state index is 0.00327. The van der Waals surface area contributed by atoms with Crippen LogP contribution >= 0.6 is 7.37 Å². The predicted octanol–water partition coefficient (Wildman–Crippen LogP) is 10.3. The van der Waals surface area contributed by atoms with E-state index in [0.717, 1.165) is 65.4 Å². The van der Waals surface area contributed by atoms with Gasteiger partial charge in [0.05, 0.1) is 6.10 Å². The Morgan fingerprint density at radius 2 is 1.50 bits per heavy atom. The zero-order chi connectivity index (χ0) is 29.5. The van der Waals surface area contributed by atoms with Crippen molar-refractivity contribution in [3.63, 3.8) is 0 Å². The molecule has 0 saturated heterocycles. The van der Waals surface area contributed by atoms with E-state index in [-0.39, 0.29) is 11.5 Å². The van der Waals surface area contributed by atoms with Gasteiger partial charge in [0.25, 0.3) is 7.37 Å². The van der Waals surface area contributed by atoms with Gasteiger partial charge in [0, 0.05) is 10.6 Å². The summed E-state index contributed by atoms with van der Waals surface area (Å²) in [6, 6.07) is 19.8. The Balaban J connectivity index is 1.18. The molecule has 8 atom stereocenters. The van der Waals surface area contributed by atoms with Gasteiger partial charge in [-0.15, -0.1) is 0 Å². The molecule has 4 aliphatic rings. The molecule has 3 saturated carbocycles. The summed E-state index contributed by atoms with van der Waals surface area (Å²) in [5, 5.41) is 1.62. The second kappa shape index (κ2) is 12.0. The molecule has 2 aromatic rings. The minimum Gasteiger partial charge on any atom is -0.318 e. The van der Waals surface area contributed by atoms with E-state index in [4.69, 9.17) is 4.52 Å². The van der Waals surface area contributed by atoms with Crippen LogP contribution in [0.1, 0.15) is 105 Å². The van der Waals surface area contributed by atoms with Crippen molar-refractivity contribution in [1.82, 2.24) is 0 Å². The third kappa shape index (κ3) is 5.43. The van der Waals surface area contributed by atoms with Gasteiger partial charge in [-0.1, -0.05) is 102 Å². The van der Waals surface area contributed by atoms with Gasteiger partial charge in [-0.2, -0.15) is 0 Å². The SMILES string of the molecule is CC(C)CCCC(C)C1CCC2C3CC=C4CC(OP(=O)(c5ccccc5)c5ccccc5)CCC4(C)C3CCC12C. The lowest BCUT2D eigenvalue weighted by Gasteiger charge is -2.58. The number of allylic oxidation sites excluding steroid dienone is 1. The van der Waals surface area contributed by atoms with E-state index in [9.17, 15) is 4.57 Å². The molecule has 0 aromatic heterocycles. The lowest BCUT2D eigenvalue weighted by molar-refractivity contribution is -0.0556. The van der Waals surface area contributed by atoms with E-state index in [1.54, 1.807) is 5.57 Å². The summed E-state index contributed by atoms with van der Waals surface area (Å²) in [6.45, 7) is 12.6. The first kappa shape index (κ1) is 30.4. The molecule has 3 heteroatoms. The lowest BCUT2D eigenvalue weighted by atomic mass is 9.47. The minimum atomic E-state index is -3.17. The van der Waals surface area contributed by atoms with Gasteiger partial charge >= 0.3 is 0 Å². The van der Waals surface area contributed by atoms with E-state index in [1.807, 2.05) is 60.7 Å². The molecule has 0 amide bonds. The maximum absolute atomic E-state index is 14.7. The van der Waals surface area contributed by atoms with Gasteiger partial charge in [-0.05, 0) is 122 Å². The highest BCUT2D eigenvalue weighted by Crippen LogP contribution is 2.67. The molecule has 42 heavy (non-hydrogen) atoms. The zero-order valence-corrected chi connectivity index (χ0v) is 27.8. The van der Waals surface area contributed by atoms with Crippen molar-refractivity contribution in [2.75, 3.05) is 0 Å². The Bertz CT molecular complexity index is 1240. The summed E-state index contributed by atoms with van der Waals surface area (Å²) >= 11 is 0. The standard InChI is InChI=1S/C39H55O2P/c1-28(2)13-12-14-29(3)35-21-22-36-34-20-19-30-27-31(23-25-38(30,4)37(34)24-26-39(35,36)5)41-42(40,32-15-8-6-9-16-32)33-17-10-7-11-18-33/h6-11,15-19,28-29,31,34-37H,12-14,20-27H2,1-5H3. The van der Waals surface area contributed by atoms with Crippen molar-refractivity contribution in [2.24, 2.45) is 46.3 Å². The second-order valence-corrected chi connectivity index (χ2v) is 17.8. The molecule has 8 unspecified atom stereocenters. The van der Waals surface area contributed by atoms with E-state index < -0.39 is 7.37 Å². The summed E-state index contributed by atoms with van der Waals surface area (Å²) in [5.74, 6) is 5.10. The maximum Gasteiger partial charge on any atom is 0.261 e. The van der Waals surface area contributed by atoms with Gasteiger partial charge in [0.2, 0.25) is 0 Å². The fourth-order valence-corrected chi connectivity index (χ4v) is 12.7. The van der Waals surface area contributed by atoms with Gasteiger partial charge in [0.15, 0.2) is 0 Å². The summed E-state index contributed by atoms with van der Waals surface area (Å²) in [5.41, 5.74) is 2.40. The molecule has 4 aliphatic carbocycles. The zero-order valence-electron chi connectivity index (χ0n) is 26.9. The Morgan fingerprint density at radius 1 is 0.833 bits per heavy atom. The van der Waals surface area contributed by atoms with Crippen LogP contribution in [0.3, 0.4) is 0 Å². The summed E-state index contributed by atoms with van der Waals surface area (Å²) in [6.07, 6.45) is 16.9. The smallest absolute Gasteiger partial charge is 0.261 e. The fourth-order valence-electron chi connectivity index (χ4n) is 10.5. The van der Waals surface area contributed by atoms with Crippen LogP contribution < -0.4 is 10.6 Å². The molecular weight excluding hydrogens is 531 g/mol. The Labute approximate surface area is 256 Å². The first-order chi connectivity index (χ1) is 20.1. The van der Waals surface area contributed by atoms with E-state index >= 15 is 0 Å². The van der Waals surface area contributed by atoms with Crippen LogP contribution in [0.2, 0.25) is 0 Å². The third-order valence-corrected chi connectivity index (χ3v) is 15.3. The van der Waals surface area contributed by atoms with E-state index in [1.165, 1.54) is 51.4 Å². The first-order valence-corrected chi connectivity index (χ1v) is 18.9.